The summed E-state index contributed by atoms with van der Waals surface area (Å²) in [6.07, 6.45) is 0. The Labute approximate surface area is 195 Å². The lowest BCUT2D eigenvalue weighted by Gasteiger charge is -2.26. The molecule has 0 bridgehead atoms. The van der Waals surface area contributed by atoms with Gasteiger partial charge in [-0.05, 0) is 72.3 Å². The highest BCUT2D eigenvalue weighted by Gasteiger charge is 2.20. The van der Waals surface area contributed by atoms with E-state index < -0.39 is 0 Å². The highest BCUT2D eigenvalue weighted by molar-refractivity contribution is 6.31. The van der Waals surface area contributed by atoms with E-state index in [0.717, 1.165) is 27.8 Å². The Bertz CT molecular complexity index is 1360. The van der Waals surface area contributed by atoms with Gasteiger partial charge in [0.05, 0.1) is 18.0 Å². The molecule has 0 atom stereocenters. The van der Waals surface area contributed by atoms with E-state index in [1.165, 1.54) is 0 Å². The van der Waals surface area contributed by atoms with Crippen LogP contribution in [-0.2, 0) is 9.53 Å². The SMILES string of the molecule is Cc1cc(C(=O)Nc2ccc(N3CCOCC3=O)cc2)n(-c2ccc3cc(Cl)ccc3c2)n1. The Morgan fingerprint density at radius 2 is 1.73 bits per heavy atom. The maximum Gasteiger partial charge on any atom is 0.274 e. The second kappa shape index (κ2) is 8.69. The van der Waals surface area contributed by atoms with E-state index >= 15 is 0 Å². The van der Waals surface area contributed by atoms with Crippen molar-refractivity contribution in [1.29, 1.82) is 0 Å². The smallest absolute Gasteiger partial charge is 0.274 e. The number of morpholine rings is 1. The van der Waals surface area contributed by atoms with Crippen molar-refractivity contribution in [2.24, 2.45) is 0 Å². The lowest BCUT2D eigenvalue weighted by Crippen LogP contribution is -2.41. The van der Waals surface area contributed by atoms with Crippen molar-refractivity contribution in [3.05, 3.63) is 83.1 Å². The van der Waals surface area contributed by atoms with Gasteiger partial charge in [-0.25, -0.2) is 4.68 Å². The standard InChI is InChI=1S/C25H21ClN4O3/c1-16-12-23(30(28-16)22-7-3-17-13-19(26)4-2-18(17)14-22)25(32)27-20-5-8-21(9-6-20)29-10-11-33-15-24(29)31/h2-9,12-14H,10-11,15H2,1H3,(H,27,32). The number of nitrogens with zero attached hydrogens (tertiary/aromatic N) is 3. The molecule has 0 saturated carbocycles. The molecule has 2 heterocycles. The van der Waals surface area contributed by atoms with Gasteiger partial charge in [-0.15, -0.1) is 0 Å². The Balaban J connectivity index is 1.39. The minimum Gasteiger partial charge on any atom is -0.370 e. The number of amides is 2. The van der Waals surface area contributed by atoms with E-state index in [0.29, 0.717) is 29.6 Å². The molecule has 0 unspecified atom stereocenters. The number of hydrogen-bond acceptors (Lipinski definition) is 4. The molecule has 1 aromatic heterocycles. The number of ether oxygens (including phenoxy) is 1. The van der Waals surface area contributed by atoms with Crippen molar-refractivity contribution in [1.82, 2.24) is 9.78 Å². The predicted octanol–water partition coefficient (Wildman–Crippen LogP) is 4.60. The molecule has 4 aromatic rings. The zero-order chi connectivity index (χ0) is 22.9. The Morgan fingerprint density at radius 1 is 1.00 bits per heavy atom. The molecule has 0 aliphatic carbocycles. The van der Waals surface area contributed by atoms with Gasteiger partial charge in [0.25, 0.3) is 11.8 Å². The fraction of sp³-hybridized carbons (Fsp3) is 0.160. The van der Waals surface area contributed by atoms with Gasteiger partial charge in [-0.2, -0.15) is 5.10 Å². The van der Waals surface area contributed by atoms with Crippen molar-refractivity contribution in [3.8, 4) is 5.69 Å². The molecule has 2 amide bonds. The largest absolute Gasteiger partial charge is 0.370 e. The van der Waals surface area contributed by atoms with Crippen LogP contribution in [0.1, 0.15) is 16.2 Å². The first-order valence-corrected chi connectivity index (χ1v) is 10.9. The number of benzene rings is 3. The van der Waals surface area contributed by atoms with E-state index in [1.807, 2.05) is 55.5 Å². The van der Waals surface area contributed by atoms with E-state index in [1.54, 1.807) is 27.8 Å². The van der Waals surface area contributed by atoms with Crippen LogP contribution in [0.3, 0.4) is 0 Å². The van der Waals surface area contributed by atoms with E-state index in [2.05, 4.69) is 10.4 Å². The highest BCUT2D eigenvalue weighted by atomic mass is 35.5. The summed E-state index contributed by atoms with van der Waals surface area (Å²) in [7, 11) is 0. The van der Waals surface area contributed by atoms with E-state index in [9.17, 15) is 9.59 Å². The van der Waals surface area contributed by atoms with Crippen LogP contribution in [0, 0.1) is 6.92 Å². The van der Waals surface area contributed by atoms with Gasteiger partial charge in [0.15, 0.2) is 0 Å². The van der Waals surface area contributed by atoms with Crippen molar-refractivity contribution < 1.29 is 14.3 Å². The molecule has 0 radical (unpaired) electrons. The minimum atomic E-state index is -0.276. The predicted molar refractivity (Wildman–Crippen MR) is 128 cm³/mol. The second-order valence-corrected chi connectivity index (χ2v) is 8.29. The van der Waals surface area contributed by atoms with Gasteiger partial charge < -0.3 is 15.0 Å². The summed E-state index contributed by atoms with van der Waals surface area (Å²) < 4.78 is 6.81. The topological polar surface area (TPSA) is 76.5 Å². The first-order valence-electron chi connectivity index (χ1n) is 10.5. The number of carbonyl (C=O) groups excluding carboxylic acids is 2. The molecule has 0 spiro atoms. The van der Waals surface area contributed by atoms with Gasteiger partial charge in [0, 0.05) is 22.9 Å². The summed E-state index contributed by atoms with van der Waals surface area (Å²) in [4.78, 5) is 26.8. The quantitative estimate of drug-likeness (QED) is 0.482. The molecular formula is C25H21ClN4O3. The summed E-state index contributed by atoms with van der Waals surface area (Å²) in [6.45, 7) is 2.96. The van der Waals surface area contributed by atoms with Crippen molar-refractivity contribution in [2.45, 2.75) is 6.92 Å². The molecule has 1 aliphatic heterocycles. The normalized spacial score (nSPS) is 14.0. The molecule has 1 N–H and O–H groups in total. The number of hydrogen-bond donors (Lipinski definition) is 1. The molecule has 8 heteroatoms. The Morgan fingerprint density at radius 3 is 2.52 bits per heavy atom. The molecule has 1 saturated heterocycles. The number of anilines is 2. The zero-order valence-corrected chi connectivity index (χ0v) is 18.7. The van der Waals surface area contributed by atoms with E-state index in [4.69, 9.17) is 16.3 Å². The molecule has 1 fully saturated rings. The zero-order valence-electron chi connectivity index (χ0n) is 17.9. The van der Waals surface area contributed by atoms with Gasteiger partial charge >= 0.3 is 0 Å². The Hall–Kier alpha value is -3.68. The summed E-state index contributed by atoms with van der Waals surface area (Å²) in [6, 6.07) is 20.5. The number of halogens is 1. The number of carbonyl (C=O) groups is 2. The van der Waals surface area contributed by atoms with Crippen LogP contribution in [0.25, 0.3) is 16.5 Å². The molecular weight excluding hydrogens is 440 g/mol. The van der Waals surface area contributed by atoms with Gasteiger partial charge in [-0.3, -0.25) is 9.59 Å². The molecule has 5 rings (SSSR count). The van der Waals surface area contributed by atoms with Crippen LogP contribution < -0.4 is 10.2 Å². The average Bonchev–Trinajstić information content (AvgIpc) is 3.21. The first-order chi connectivity index (χ1) is 16.0. The number of rotatable bonds is 4. The molecule has 3 aromatic carbocycles. The fourth-order valence-electron chi connectivity index (χ4n) is 3.90. The number of aryl methyl sites for hydroxylation is 1. The second-order valence-electron chi connectivity index (χ2n) is 7.86. The third kappa shape index (κ3) is 4.33. The van der Waals surface area contributed by atoms with Crippen molar-refractivity contribution in [2.75, 3.05) is 30.0 Å². The Kier molecular flexibility index (Phi) is 5.58. The number of aromatic nitrogens is 2. The maximum absolute atomic E-state index is 13.1. The highest BCUT2D eigenvalue weighted by Crippen LogP contribution is 2.24. The van der Waals surface area contributed by atoms with Crippen LogP contribution in [0.15, 0.2) is 66.7 Å². The summed E-state index contributed by atoms with van der Waals surface area (Å²) in [5, 5.41) is 10.1. The number of nitrogens with one attached hydrogen (secondary N) is 1. The maximum atomic E-state index is 13.1. The molecule has 7 nitrogen and oxygen atoms in total. The average molecular weight is 461 g/mol. The molecule has 1 aliphatic rings. The third-order valence-corrected chi connectivity index (χ3v) is 5.75. The summed E-state index contributed by atoms with van der Waals surface area (Å²) >= 11 is 6.09. The monoisotopic (exact) mass is 460 g/mol. The van der Waals surface area contributed by atoms with Crippen LogP contribution >= 0.6 is 11.6 Å². The van der Waals surface area contributed by atoms with Crippen molar-refractivity contribution >= 4 is 45.6 Å². The molecule has 33 heavy (non-hydrogen) atoms. The summed E-state index contributed by atoms with van der Waals surface area (Å²) in [5.41, 5.74) is 3.34. The first kappa shape index (κ1) is 21.2. The lowest BCUT2D eigenvalue weighted by molar-refractivity contribution is -0.125. The van der Waals surface area contributed by atoms with Crippen LogP contribution in [0.4, 0.5) is 11.4 Å². The minimum absolute atomic E-state index is 0.0740. The lowest BCUT2D eigenvalue weighted by atomic mass is 10.1. The van der Waals surface area contributed by atoms with Crippen LogP contribution in [-0.4, -0.2) is 41.4 Å². The third-order valence-electron chi connectivity index (χ3n) is 5.52. The number of fused-ring (bicyclic) bond motifs is 1. The molecule has 166 valence electrons. The van der Waals surface area contributed by atoms with Gasteiger partial charge in [-0.1, -0.05) is 23.7 Å². The van der Waals surface area contributed by atoms with E-state index in [-0.39, 0.29) is 18.4 Å². The fourth-order valence-corrected chi connectivity index (χ4v) is 4.09. The van der Waals surface area contributed by atoms with Crippen LogP contribution in [0.2, 0.25) is 5.02 Å². The van der Waals surface area contributed by atoms with Gasteiger partial charge in [0.2, 0.25) is 0 Å². The van der Waals surface area contributed by atoms with Crippen LogP contribution in [0.5, 0.6) is 0 Å². The van der Waals surface area contributed by atoms with Crippen molar-refractivity contribution in [3.63, 3.8) is 0 Å². The summed E-state index contributed by atoms with van der Waals surface area (Å²) in [5.74, 6) is -0.350. The van der Waals surface area contributed by atoms with Gasteiger partial charge in [0.1, 0.15) is 12.3 Å².